The van der Waals surface area contributed by atoms with Gasteiger partial charge in [0.25, 0.3) is 0 Å². The fourth-order valence-corrected chi connectivity index (χ4v) is 4.17. The molecule has 0 radical (unpaired) electrons. The standard InChI is InChI=1S/C26H16Br2N4O2/c27-17-7-3-5-15(25(17)33)13-29-21-11-23-24(32-20-10-2-1-9-19(20)31-23)12-22(21)30-14-16-6-4-8-18(28)26(16)34/h1-14,33-34H. The fourth-order valence-electron chi connectivity index (χ4n) is 3.40. The zero-order chi connectivity index (χ0) is 23.7. The van der Waals surface area contributed by atoms with Gasteiger partial charge in [-0.25, -0.2) is 9.97 Å². The van der Waals surface area contributed by atoms with Crippen LogP contribution < -0.4 is 0 Å². The molecule has 2 N–H and O–H groups in total. The van der Waals surface area contributed by atoms with Crippen molar-refractivity contribution in [1.29, 1.82) is 0 Å². The quantitative estimate of drug-likeness (QED) is 0.175. The molecule has 4 aromatic carbocycles. The summed E-state index contributed by atoms with van der Waals surface area (Å²) in [5.74, 6) is 0.198. The van der Waals surface area contributed by atoms with Gasteiger partial charge < -0.3 is 10.2 Å². The number of hydrogen-bond donors (Lipinski definition) is 2. The van der Waals surface area contributed by atoms with E-state index in [2.05, 4.69) is 41.8 Å². The van der Waals surface area contributed by atoms with Crippen molar-refractivity contribution in [3.63, 3.8) is 0 Å². The number of hydrogen-bond acceptors (Lipinski definition) is 6. The number of para-hydroxylation sites is 4. The number of rotatable bonds is 4. The van der Waals surface area contributed by atoms with Crippen LogP contribution >= 0.6 is 31.9 Å². The number of phenolic OH excluding ortho intramolecular Hbond substituents is 2. The Balaban J connectivity index is 1.66. The zero-order valence-corrected chi connectivity index (χ0v) is 20.7. The average Bonchev–Trinajstić information content (AvgIpc) is 2.84. The van der Waals surface area contributed by atoms with Gasteiger partial charge in [-0.1, -0.05) is 24.3 Å². The topological polar surface area (TPSA) is 91.0 Å². The van der Waals surface area contributed by atoms with E-state index in [9.17, 15) is 10.2 Å². The fraction of sp³-hybridized carbons (Fsp3) is 0. The molecule has 0 fully saturated rings. The molecule has 0 aliphatic heterocycles. The molecule has 0 spiro atoms. The Morgan fingerprint density at radius 2 is 1.03 bits per heavy atom. The second kappa shape index (κ2) is 9.32. The van der Waals surface area contributed by atoms with Crippen LogP contribution in [0.25, 0.3) is 22.1 Å². The molecule has 0 amide bonds. The van der Waals surface area contributed by atoms with Crippen molar-refractivity contribution in [3.8, 4) is 11.5 Å². The SMILES string of the molecule is Oc1c(Br)cccc1C=Nc1cc2nc3ccccc3nc2cc1N=Cc1cccc(Br)c1O. The molecule has 0 unspecified atom stereocenters. The molecular weight excluding hydrogens is 560 g/mol. The monoisotopic (exact) mass is 574 g/mol. The number of fused-ring (bicyclic) bond motifs is 2. The molecule has 5 rings (SSSR count). The highest BCUT2D eigenvalue weighted by molar-refractivity contribution is 9.10. The Kier molecular flexibility index (Phi) is 6.08. The molecule has 6 nitrogen and oxygen atoms in total. The molecule has 0 bridgehead atoms. The zero-order valence-electron chi connectivity index (χ0n) is 17.5. The molecule has 0 saturated heterocycles. The van der Waals surface area contributed by atoms with Crippen molar-refractivity contribution in [1.82, 2.24) is 9.97 Å². The van der Waals surface area contributed by atoms with Crippen LogP contribution in [0, 0.1) is 0 Å². The highest BCUT2D eigenvalue weighted by atomic mass is 79.9. The summed E-state index contributed by atoms with van der Waals surface area (Å²) in [5, 5.41) is 20.6. The molecule has 0 aliphatic carbocycles. The molecule has 0 aliphatic rings. The maximum atomic E-state index is 10.3. The summed E-state index contributed by atoms with van der Waals surface area (Å²) in [6.45, 7) is 0. The third kappa shape index (κ3) is 4.42. The Morgan fingerprint density at radius 1 is 0.588 bits per heavy atom. The lowest BCUT2D eigenvalue weighted by molar-refractivity contribution is 0.470. The number of aromatic nitrogens is 2. The summed E-state index contributed by atoms with van der Waals surface area (Å²) in [4.78, 5) is 18.6. The van der Waals surface area contributed by atoms with Gasteiger partial charge in [0.05, 0.1) is 42.4 Å². The highest BCUT2D eigenvalue weighted by Crippen LogP contribution is 2.34. The minimum Gasteiger partial charge on any atom is -0.506 e. The Morgan fingerprint density at radius 3 is 1.47 bits per heavy atom. The first kappa shape index (κ1) is 22.2. The van der Waals surface area contributed by atoms with E-state index in [-0.39, 0.29) is 11.5 Å². The van der Waals surface area contributed by atoms with Gasteiger partial charge in [0.15, 0.2) is 0 Å². The Hall–Kier alpha value is -3.62. The van der Waals surface area contributed by atoms with Gasteiger partial charge in [-0.05, 0) is 80.4 Å². The first-order valence-electron chi connectivity index (χ1n) is 10.2. The van der Waals surface area contributed by atoms with Crippen molar-refractivity contribution in [2.24, 2.45) is 9.98 Å². The maximum Gasteiger partial charge on any atom is 0.138 e. The number of phenols is 2. The maximum absolute atomic E-state index is 10.3. The first-order valence-corrected chi connectivity index (χ1v) is 11.8. The van der Waals surface area contributed by atoms with Crippen LogP contribution in [0.15, 0.2) is 91.7 Å². The molecule has 166 valence electrons. The van der Waals surface area contributed by atoms with Crippen LogP contribution in [0.5, 0.6) is 11.5 Å². The van der Waals surface area contributed by atoms with Gasteiger partial charge in [0.2, 0.25) is 0 Å². The summed E-state index contributed by atoms with van der Waals surface area (Å²) in [6, 6.07) is 22.0. The van der Waals surface area contributed by atoms with Gasteiger partial charge in [-0.3, -0.25) is 9.98 Å². The van der Waals surface area contributed by atoms with E-state index in [4.69, 9.17) is 9.97 Å². The van der Waals surface area contributed by atoms with Crippen molar-refractivity contribution >= 4 is 77.7 Å². The number of aromatic hydroxyl groups is 2. The first-order chi connectivity index (χ1) is 16.5. The highest BCUT2D eigenvalue weighted by Gasteiger charge is 2.09. The minimum absolute atomic E-state index is 0.0990. The smallest absolute Gasteiger partial charge is 0.138 e. The van der Waals surface area contributed by atoms with Crippen LogP contribution in [-0.2, 0) is 0 Å². The normalized spacial score (nSPS) is 11.8. The third-order valence-corrected chi connectivity index (χ3v) is 6.44. The van der Waals surface area contributed by atoms with E-state index in [1.807, 2.05) is 48.5 Å². The van der Waals surface area contributed by atoms with Gasteiger partial charge in [-0.15, -0.1) is 0 Å². The Labute approximate surface area is 211 Å². The molecule has 0 atom stereocenters. The summed E-state index contributed by atoms with van der Waals surface area (Å²) in [5.41, 5.74) is 5.11. The van der Waals surface area contributed by atoms with Crippen LogP contribution in [0.2, 0.25) is 0 Å². The van der Waals surface area contributed by atoms with Gasteiger partial charge in [0, 0.05) is 23.6 Å². The van der Waals surface area contributed by atoms with Crippen molar-refractivity contribution in [2.45, 2.75) is 0 Å². The number of benzene rings is 4. The molecular formula is C26H16Br2N4O2. The van der Waals surface area contributed by atoms with E-state index in [1.54, 1.807) is 36.7 Å². The lowest BCUT2D eigenvalue weighted by atomic mass is 10.2. The molecule has 8 heteroatoms. The van der Waals surface area contributed by atoms with E-state index in [1.165, 1.54) is 0 Å². The lowest BCUT2D eigenvalue weighted by Crippen LogP contribution is -1.88. The number of nitrogens with zero attached hydrogens (tertiary/aromatic N) is 4. The molecule has 5 aromatic rings. The predicted molar refractivity (Wildman–Crippen MR) is 143 cm³/mol. The summed E-state index contributed by atoms with van der Waals surface area (Å²) in [6.07, 6.45) is 3.15. The van der Waals surface area contributed by atoms with Crippen molar-refractivity contribution in [3.05, 3.63) is 92.9 Å². The Bertz CT molecular complexity index is 1500. The van der Waals surface area contributed by atoms with Crippen molar-refractivity contribution < 1.29 is 10.2 Å². The van der Waals surface area contributed by atoms with Crippen LogP contribution in [0.4, 0.5) is 11.4 Å². The van der Waals surface area contributed by atoms with Crippen LogP contribution in [0.1, 0.15) is 11.1 Å². The summed E-state index contributed by atoms with van der Waals surface area (Å²) < 4.78 is 1.16. The van der Waals surface area contributed by atoms with Gasteiger partial charge >= 0.3 is 0 Å². The van der Waals surface area contributed by atoms with Gasteiger partial charge in [-0.2, -0.15) is 0 Å². The van der Waals surface area contributed by atoms with Crippen LogP contribution in [-0.4, -0.2) is 32.6 Å². The van der Waals surface area contributed by atoms with E-state index in [0.717, 1.165) is 11.0 Å². The summed E-state index contributed by atoms with van der Waals surface area (Å²) in [7, 11) is 0. The third-order valence-electron chi connectivity index (χ3n) is 5.16. The van der Waals surface area contributed by atoms with E-state index >= 15 is 0 Å². The lowest BCUT2D eigenvalue weighted by Gasteiger charge is -2.06. The molecule has 1 heterocycles. The van der Waals surface area contributed by atoms with Crippen LogP contribution in [0.3, 0.4) is 0 Å². The minimum atomic E-state index is 0.0990. The molecule has 34 heavy (non-hydrogen) atoms. The van der Waals surface area contributed by atoms with Crippen molar-refractivity contribution in [2.75, 3.05) is 0 Å². The predicted octanol–water partition coefficient (Wildman–Crippen LogP) is 7.22. The second-order valence-corrected chi connectivity index (χ2v) is 9.12. The number of aliphatic imine (C=N–C) groups is 2. The average molecular weight is 576 g/mol. The van der Waals surface area contributed by atoms with Gasteiger partial charge in [0.1, 0.15) is 11.5 Å². The van der Waals surface area contributed by atoms with E-state index in [0.29, 0.717) is 42.5 Å². The van der Waals surface area contributed by atoms with E-state index < -0.39 is 0 Å². The largest absolute Gasteiger partial charge is 0.506 e. The summed E-state index contributed by atoms with van der Waals surface area (Å²) >= 11 is 6.65. The number of halogens is 2. The second-order valence-electron chi connectivity index (χ2n) is 7.41. The molecule has 0 saturated carbocycles. The molecule has 1 aromatic heterocycles.